The highest BCUT2D eigenvalue weighted by molar-refractivity contribution is 14.1. The lowest BCUT2D eigenvalue weighted by Gasteiger charge is -2.07. The molecule has 4 rings (SSSR count). The minimum Gasteiger partial charge on any atom is -0.396 e. The van der Waals surface area contributed by atoms with E-state index in [1.165, 1.54) is 17.7 Å². The van der Waals surface area contributed by atoms with Crippen LogP contribution in [0.1, 0.15) is 12.0 Å². The van der Waals surface area contributed by atoms with E-state index in [-0.39, 0.29) is 6.61 Å². The number of thiophene rings is 1. The van der Waals surface area contributed by atoms with E-state index in [0.717, 1.165) is 19.6 Å². The molecule has 0 unspecified atom stereocenters. The summed E-state index contributed by atoms with van der Waals surface area (Å²) < 4.78 is 0.917. The summed E-state index contributed by atoms with van der Waals surface area (Å²) in [5, 5.41) is 30.9. The number of aromatic nitrogens is 5. The fourth-order valence-corrected chi connectivity index (χ4v) is 5.32. The second-order valence-corrected chi connectivity index (χ2v) is 8.97. The quantitative estimate of drug-likeness (QED) is 0.222. The van der Waals surface area contributed by atoms with Crippen LogP contribution in [-0.2, 0) is 0 Å². The summed E-state index contributed by atoms with van der Waals surface area (Å²) in [5.74, 6) is 1.01. The number of aromatic amines is 1. The van der Waals surface area contributed by atoms with Crippen LogP contribution in [0, 0.1) is 14.9 Å². The minimum absolute atomic E-state index is 0.0832. The summed E-state index contributed by atoms with van der Waals surface area (Å²) in [4.78, 5) is 13.3. The second-order valence-electron chi connectivity index (χ2n) is 6.35. The van der Waals surface area contributed by atoms with E-state index in [2.05, 4.69) is 59.1 Å². The van der Waals surface area contributed by atoms with Crippen molar-refractivity contribution in [2.75, 3.05) is 18.5 Å². The van der Waals surface area contributed by atoms with Gasteiger partial charge in [0.1, 0.15) is 12.4 Å². The maximum Gasteiger partial charge on any atom is 0.223 e. The van der Waals surface area contributed by atoms with E-state index >= 15 is 0 Å². The number of halogens is 2. The molecule has 0 fully saturated rings. The summed E-state index contributed by atoms with van der Waals surface area (Å²) in [6, 6.07) is 9.68. The third-order valence-corrected chi connectivity index (χ3v) is 6.71. The first-order valence-electron chi connectivity index (χ1n) is 9.19. The molecule has 0 saturated carbocycles. The van der Waals surface area contributed by atoms with Crippen LogP contribution < -0.4 is 5.32 Å². The van der Waals surface area contributed by atoms with Crippen LogP contribution in [0.2, 0.25) is 5.02 Å². The smallest absolute Gasteiger partial charge is 0.223 e. The van der Waals surface area contributed by atoms with Crippen LogP contribution in [0.3, 0.4) is 0 Å². The maximum atomic E-state index is 10.1. The third kappa shape index (κ3) is 4.54. The Morgan fingerprint density at radius 3 is 2.87 bits per heavy atom. The largest absolute Gasteiger partial charge is 0.396 e. The summed E-state index contributed by atoms with van der Waals surface area (Å²) in [5.41, 5.74) is 2.76. The van der Waals surface area contributed by atoms with Gasteiger partial charge in [0.25, 0.3) is 0 Å². The van der Waals surface area contributed by atoms with Crippen molar-refractivity contribution in [3.63, 3.8) is 0 Å². The zero-order valence-corrected chi connectivity index (χ0v) is 19.7. The van der Waals surface area contributed by atoms with E-state index in [1.54, 1.807) is 18.3 Å². The number of nitrogens with one attached hydrogen (secondary N) is 2. The lowest BCUT2D eigenvalue weighted by Crippen LogP contribution is -2.06. The van der Waals surface area contributed by atoms with Crippen LogP contribution in [0.15, 0.2) is 36.8 Å². The topological polar surface area (TPSA) is 123 Å². The molecular weight excluding hydrogens is 549 g/mol. The molecule has 0 bridgehead atoms. The van der Waals surface area contributed by atoms with Gasteiger partial charge in [-0.25, -0.2) is 9.97 Å². The van der Waals surface area contributed by atoms with Crippen molar-refractivity contribution in [2.45, 2.75) is 6.42 Å². The van der Waals surface area contributed by atoms with Gasteiger partial charge in [0.05, 0.1) is 21.0 Å². The Hall–Kier alpha value is -2.59. The normalized spacial score (nSPS) is 10.8. The predicted molar refractivity (Wildman–Crippen MR) is 129 cm³/mol. The number of nitriles is 1. The first-order chi connectivity index (χ1) is 15.1. The first kappa shape index (κ1) is 21.6. The number of rotatable bonds is 7. The molecule has 3 N–H and O–H groups in total. The fraction of sp³-hybridized carbons (Fsp3) is 0.150. The van der Waals surface area contributed by atoms with Crippen molar-refractivity contribution >= 4 is 51.5 Å². The Balaban J connectivity index is 1.89. The molecule has 0 spiro atoms. The van der Waals surface area contributed by atoms with Crippen LogP contribution in [-0.4, -0.2) is 43.4 Å². The van der Waals surface area contributed by atoms with E-state index in [1.807, 2.05) is 12.1 Å². The number of hydrogen-bond acceptors (Lipinski definition) is 8. The molecule has 0 aliphatic carbocycles. The van der Waals surface area contributed by atoms with Crippen LogP contribution in [0.5, 0.6) is 0 Å². The number of H-pyrrole nitrogens is 1. The Labute approximate surface area is 200 Å². The van der Waals surface area contributed by atoms with E-state index in [9.17, 15) is 5.26 Å². The van der Waals surface area contributed by atoms with Crippen molar-refractivity contribution in [2.24, 2.45) is 0 Å². The molecule has 0 aliphatic heterocycles. The Kier molecular flexibility index (Phi) is 6.77. The Morgan fingerprint density at radius 1 is 1.29 bits per heavy atom. The molecule has 8 nitrogen and oxygen atoms in total. The van der Waals surface area contributed by atoms with Gasteiger partial charge in [-0.3, -0.25) is 0 Å². The van der Waals surface area contributed by atoms with Gasteiger partial charge in [0, 0.05) is 33.5 Å². The molecule has 3 heterocycles. The van der Waals surface area contributed by atoms with E-state index < -0.39 is 0 Å². The lowest BCUT2D eigenvalue weighted by atomic mass is 9.99. The Bertz CT molecular complexity index is 1250. The highest BCUT2D eigenvalue weighted by atomic mass is 127. The molecule has 1 aromatic carbocycles. The summed E-state index contributed by atoms with van der Waals surface area (Å²) in [6.45, 7) is 0.632. The van der Waals surface area contributed by atoms with Crippen molar-refractivity contribution in [3.8, 4) is 38.5 Å². The highest BCUT2D eigenvalue weighted by Gasteiger charge is 2.25. The molecule has 0 saturated heterocycles. The van der Waals surface area contributed by atoms with Crippen molar-refractivity contribution in [1.29, 1.82) is 5.26 Å². The molecule has 0 atom stereocenters. The summed E-state index contributed by atoms with van der Waals surface area (Å²) in [6.07, 6.45) is 3.74. The fourth-order valence-electron chi connectivity index (χ4n) is 3.00. The van der Waals surface area contributed by atoms with E-state index in [0.29, 0.717) is 45.9 Å². The van der Waals surface area contributed by atoms with Gasteiger partial charge in [-0.15, -0.1) is 21.5 Å². The highest BCUT2D eigenvalue weighted by Crippen LogP contribution is 2.47. The van der Waals surface area contributed by atoms with Gasteiger partial charge in [-0.05, 0) is 52.8 Å². The molecule has 31 heavy (non-hydrogen) atoms. The monoisotopic (exact) mass is 563 g/mol. The van der Waals surface area contributed by atoms with Crippen LogP contribution in [0.4, 0.5) is 5.95 Å². The Morgan fingerprint density at radius 2 is 2.16 bits per heavy atom. The molecule has 0 radical (unpaired) electrons. The maximum absolute atomic E-state index is 10.1. The van der Waals surface area contributed by atoms with Gasteiger partial charge in [0.2, 0.25) is 5.95 Å². The number of hydrogen-bond donors (Lipinski definition) is 3. The number of anilines is 1. The van der Waals surface area contributed by atoms with Crippen molar-refractivity contribution in [3.05, 3.63) is 50.9 Å². The van der Waals surface area contributed by atoms with Crippen molar-refractivity contribution in [1.82, 2.24) is 25.1 Å². The lowest BCUT2D eigenvalue weighted by molar-refractivity contribution is 0.292. The van der Waals surface area contributed by atoms with Crippen LogP contribution >= 0.6 is 45.5 Å². The first-order valence-corrected chi connectivity index (χ1v) is 11.5. The standard InChI is InChI=1S/C20H15ClIN7OS/c21-11-2-3-12(14(22)8-11)16-13(9-23)17(31-18(16)19-26-10-27-29-19)15-4-6-25-20(28-15)24-5-1-7-30/h2-4,6,8,10,30H,1,5,7H2,(H,24,25,28)(H,26,27,29). The van der Waals surface area contributed by atoms with Gasteiger partial charge in [-0.1, -0.05) is 17.7 Å². The molecule has 4 aromatic rings. The molecule has 11 heteroatoms. The second kappa shape index (κ2) is 9.69. The predicted octanol–water partition coefficient (Wildman–Crippen LogP) is 4.58. The van der Waals surface area contributed by atoms with Gasteiger partial charge >= 0.3 is 0 Å². The van der Waals surface area contributed by atoms with Gasteiger partial charge in [-0.2, -0.15) is 5.26 Å². The number of aliphatic hydroxyl groups excluding tert-OH is 1. The number of benzene rings is 1. The molecule has 0 amide bonds. The summed E-state index contributed by atoms with van der Waals surface area (Å²) in [7, 11) is 0. The zero-order chi connectivity index (χ0) is 21.8. The SMILES string of the molecule is N#Cc1c(-c2ccnc(NCCCO)n2)sc(-c2nnc[nH]2)c1-c1ccc(Cl)cc1I. The molecular formula is C20H15ClIN7OS. The van der Waals surface area contributed by atoms with E-state index in [4.69, 9.17) is 16.7 Å². The molecule has 0 aliphatic rings. The summed E-state index contributed by atoms with van der Waals surface area (Å²) >= 11 is 9.78. The van der Waals surface area contributed by atoms with Crippen LogP contribution in [0.25, 0.3) is 32.4 Å². The zero-order valence-electron chi connectivity index (χ0n) is 15.9. The number of aliphatic hydroxyl groups is 1. The minimum atomic E-state index is 0.0832. The van der Waals surface area contributed by atoms with Gasteiger partial charge in [0.15, 0.2) is 5.82 Å². The molecule has 156 valence electrons. The average molecular weight is 564 g/mol. The molecule has 3 aromatic heterocycles. The number of nitrogens with zero attached hydrogens (tertiary/aromatic N) is 5. The average Bonchev–Trinajstić information content (AvgIpc) is 3.42. The van der Waals surface area contributed by atoms with Crippen molar-refractivity contribution < 1.29 is 5.11 Å². The third-order valence-electron chi connectivity index (χ3n) is 4.36. The van der Waals surface area contributed by atoms with Gasteiger partial charge < -0.3 is 15.4 Å².